The minimum atomic E-state index is 0.780. The standard InChI is InChI=1S/C8H12N2O/c1-10(7-2-3-7)6-8-9-4-5-11-8/h4-5,7H,2-3,6H2,1H3. The molecule has 1 saturated carbocycles. The van der Waals surface area contributed by atoms with Crippen LogP contribution in [-0.2, 0) is 6.54 Å². The predicted molar refractivity (Wildman–Crippen MR) is 41.0 cm³/mol. The summed E-state index contributed by atoms with van der Waals surface area (Å²) in [6.07, 6.45) is 5.97. The average molecular weight is 152 g/mol. The molecule has 3 heteroatoms. The van der Waals surface area contributed by atoms with Gasteiger partial charge in [0.15, 0.2) is 0 Å². The Morgan fingerprint density at radius 3 is 3.09 bits per heavy atom. The lowest BCUT2D eigenvalue weighted by molar-refractivity contribution is 0.279. The second-order valence-corrected chi connectivity index (χ2v) is 3.07. The number of hydrogen-bond acceptors (Lipinski definition) is 3. The van der Waals surface area contributed by atoms with Crippen LogP contribution in [0, 0.1) is 0 Å². The van der Waals surface area contributed by atoms with Crippen molar-refractivity contribution in [1.82, 2.24) is 9.88 Å². The summed E-state index contributed by atoms with van der Waals surface area (Å²) in [7, 11) is 2.11. The molecule has 0 atom stereocenters. The number of rotatable bonds is 3. The summed E-state index contributed by atoms with van der Waals surface area (Å²) in [4.78, 5) is 6.34. The molecule has 0 saturated heterocycles. The van der Waals surface area contributed by atoms with E-state index in [1.165, 1.54) is 12.8 Å². The largest absolute Gasteiger partial charge is 0.448 e. The second-order valence-electron chi connectivity index (χ2n) is 3.07. The molecule has 1 fully saturated rings. The van der Waals surface area contributed by atoms with E-state index in [0.29, 0.717) is 0 Å². The molecule has 1 aliphatic rings. The van der Waals surface area contributed by atoms with Gasteiger partial charge in [-0.3, -0.25) is 4.90 Å². The average Bonchev–Trinajstić information content (AvgIpc) is 2.73. The van der Waals surface area contributed by atoms with E-state index in [1.54, 1.807) is 12.5 Å². The Hall–Kier alpha value is -0.830. The zero-order chi connectivity index (χ0) is 7.68. The van der Waals surface area contributed by atoms with E-state index in [1.807, 2.05) is 0 Å². The SMILES string of the molecule is CN(Cc1ncco1)C1CC1. The molecule has 60 valence electrons. The molecule has 0 spiro atoms. The maximum atomic E-state index is 5.13. The van der Waals surface area contributed by atoms with Crippen LogP contribution in [0.3, 0.4) is 0 Å². The van der Waals surface area contributed by atoms with Crippen molar-refractivity contribution in [2.75, 3.05) is 7.05 Å². The van der Waals surface area contributed by atoms with Crippen molar-refractivity contribution in [3.63, 3.8) is 0 Å². The van der Waals surface area contributed by atoms with E-state index < -0.39 is 0 Å². The molecule has 0 amide bonds. The summed E-state index contributed by atoms with van der Waals surface area (Å²) in [6.45, 7) is 0.845. The van der Waals surface area contributed by atoms with Crippen molar-refractivity contribution in [2.24, 2.45) is 0 Å². The van der Waals surface area contributed by atoms with E-state index in [-0.39, 0.29) is 0 Å². The van der Waals surface area contributed by atoms with Crippen LogP contribution in [-0.4, -0.2) is 23.0 Å². The molecular weight excluding hydrogens is 140 g/mol. The highest BCUT2D eigenvalue weighted by Crippen LogP contribution is 2.26. The van der Waals surface area contributed by atoms with Crippen molar-refractivity contribution in [3.05, 3.63) is 18.4 Å². The van der Waals surface area contributed by atoms with Crippen molar-refractivity contribution < 1.29 is 4.42 Å². The van der Waals surface area contributed by atoms with Gasteiger partial charge in [0, 0.05) is 6.04 Å². The Labute approximate surface area is 66.0 Å². The van der Waals surface area contributed by atoms with Crippen molar-refractivity contribution in [1.29, 1.82) is 0 Å². The van der Waals surface area contributed by atoms with Crippen LogP contribution >= 0.6 is 0 Å². The first-order valence-corrected chi connectivity index (χ1v) is 3.95. The van der Waals surface area contributed by atoms with Crippen LogP contribution < -0.4 is 0 Å². The fourth-order valence-corrected chi connectivity index (χ4v) is 1.19. The van der Waals surface area contributed by atoms with Gasteiger partial charge in [0.1, 0.15) is 6.26 Å². The summed E-state index contributed by atoms with van der Waals surface area (Å²) < 4.78 is 5.13. The van der Waals surface area contributed by atoms with Gasteiger partial charge < -0.3 is 4.42 Å². The van der Waals surface area contributed by atoms with Gasteiger partial charge in [0.2, 0.25) is 5.89 Å². The molecule has 0 aliphatic heterocycles. The number of hydrogen-bond donors (Lipinski definition) is 0. The maximum Gasteiger partial charge on any atom is 0.208 e. The highest BCUT2D eigenvalue weighted by atomic mass is 16.3. The Morgan fingerprint density at radius 1 is 1.73 bits per heavy atom. The minimum Gasteiger partial charge on any atom is -0.448 e. The zero-order valence-electron chi connectivity index (χ0n) is 6.66. The monoisotopic (exact) mass is 152 g/mol. The summed E-state index contributed by atoms with van der Waals surface area (Å²) >= 11 is 0. The molecule has 1 aliphatic carbocycles. The molecule has 3 nitrogen and oxygen atoms in total. The summed E-state index contributed by atoms with van der Waals surface area (Å²) in [5.41, 5.74) is 0. The van der Waals surface area contributed by atoms with Crippen LogP contribution in [0.25, 0.3) is 0 Å². The highest BCUT2D eigenvalue weighted by Gasteiger charge is 2.26. The summed E-state index contributed by atoms with van der Waals surface area (Å²) in [6, 6.07) is 0.780. The number of aromatic nitrogens is 1. The van der Waals surface area contributed by atoms with E-state index in [9.17, 15) is 0 Å². The summed E-state index contributed by atoms with van der Waals surface area (Å²) in [5, 5.41) is 0. The first-order valence-electron chi connectivity index (χ1n) is 3.95. The van der Waals surface area contributed by atoms with Crippen molar-refractivity contribution in [3.8, 4) is 0 Å². The second kappa shape index (κ2) is 2.66. The lowest BCUT2D eigenvalue weighted by atomic mass is 10.5. The van der Waals surface area contributed by atoms with Crippen molar-refractivity contribution >= 4 is 0 Å². The Kier molecular flexibility index (Phi) is 1.66. The third-order valence-corrected chi connectivity index (χ3v) is 2.04. The molecular formula is C8H12N2O. The van der Waals surface area contributed by atoms with E-state index in [2.05, 4.69) is 16.9 Å². The maximum absolute atomic E-state index is 5.13. The molecule has 1 aromatic rings. The summed E-state index contributed by atoms with van der Waals surface area (Å²) in [5.74, 6) is 0.819. The van der Waals surface area contributed by atoms with Crippen LogP contribution in [0.4, 0.5) is 0 Å². The Bertz CT molecular complexity index is 216. The third kappa shape index (κ3) is 1.60. The van der Waals surface area contributed by atoms with Gasteiger partial charge in [0.05, 0.1) is 12.7 Å². The van der Waals surface area contributed by atoms with Crippen molar-refractivity contribution in [2.45, 2.75) is 25.4 Å². The lowest BCUT2D eigenvalue weighted by Gasteiger charge is -2.11. The Morgan fingerprint density at radius 2 is 2.55 bits per heavy atom. The van der Waals surface area contributed by atoms with Gasteiger partial charge in [-0.2, -0.15) is 0 Å². The normalized spacial score (nSPS) is 17.6. The fraction of sp³-hybridized carbons (Fsp3) is 0.625. The minimum absolute atomic E-state index is 0.780. The quantitative estimate of drug-likeness (QED) is 0.653. The molecule has 0 N–H and O–H groups in total. The van der Waals surface area contributed by atoms with Gasteiger partial charge in [-0.1, -0.05) is 0 Å². The smallest absolute Gasteiger partial charge is 0.208 e. The van der Waals surface area contributed by atoms with Crippen LogP contribution in [0.1, 0.15) is 18.7 Å². The predicted octanol–water partition coefficient (Wildman–Crippen LogP) is 1.27. The van der Waals surface area contributed by atoms with Gasteiger partial charge in [-0.05, 0) is 19.9 Å². The zero-order valence-corrected chi connectivity index (χ0v) is 6.66. The van der Waals surface area contributed by atoms with E-state index >= 15 is 0 Å². The van der Waals surface area contributed by atoms with Gasteiger partial charge in [-0.15, -0.1) is 0 Å². The Balaban J connectivity index is 1.89. The molecule has 1 heterocycles. The topological polar surface area (TPSA) is 29.3 Å². The molecule has 0 bridgehead atoms. The van der Waals surface area contributed by atoms with Gasteiger partial charge in [-0.25, -0.2) is 4.98 Å². The first kappa shape index (κ1) is 6.85. The first-order chi connectivity index (χ1) is 5.36. The fourth-order valence-electron chi connectivity index (χ4n) is 1.19. The van der Waals surface area contributed by atoms with Gasteiger partial charge in [0.25, 0.3) is 0 Å². The van der Waals surface area contributed by atoms with E-state index in [4.69, 9.17) is 4.42 Å². The molecule has 0 aromatic carbocycles. The molecule has 2 rings (SSSR count). The van der Waals surface area contributed by atoms with E-state index in [0.717, 1.165) is 18.5 Å². The van der Waals surface area contributed by atoms with Gasteiger partial charge >= 0.3 is 0 Å². The lowest BCUT2D eigenvalue weighted by Crippen LogP contribution is -2.19. The van der Waals surface area contributed by atoms with Crippen LogP contribution in [0.15, 0.2) is 16.9 Å². The molecule has 0 unspecified atom stereocenters. The molecule has 11 heavy (non-hydrogen) atoms. The molecule has 0 radical (unpaired) electrons. The third-order valence-electron chi connectivity index (χ3n) is 2.04. The number of nitrogens with zero attached hydrogens (tertiary/aromatic N) is 2. The highest BCUT2D eigenvalue weighted by molar-refractivity contribution is 4.86. The van der Waals surface area contributed by atoms with Crippen LogP contribution in [0.5, 0.6) is 0 Å². The number of oxazole rings is 1. The molecule has 1 aromatic heterocycles. The van der Waals surface area contributed by atoms with Crippen LogP contribution in [0.2, 0.25) is 0 Å².